The van der Waals surface area contributed by atoms with Crippen molar-refractivity contribution in [3.05, 3.63) is 18.0 Å². The predicted octanol–water partition coefficient (Wildman–Crippen LogP) is -0.414. The van der Waals surface area contributed by atoms with Gasteiger partial charge in [0.1, 0.15) is 0 Å². The molecule has 0 atom stereocenters. The third-order valence-corrected chi connectivity index (χ3v) is 3.40. The minimum atomic E-state index is -3.51. The average Bonchev–Trinajstić information content (AvgIpc) is 2.61. The number of rotatable bonds is 7. The molecule has 0 fully saturated rings. The fraction of sp³-hybridized carbons (Fsp3) is 0.556. The number of hydrogen-bond donors (Lipinski definition) is 2. The highest BCUT2D eigenvalue weighted by molar-refractivity contribution is 7.89. The van der Waals surface area contributed by atoms with Crippen LogP contribution in [0.2, 0.25) is 0 Å². The Kier molecular flexibility index (Phi) is 4.64. The maximum atomic E-state index is 11.3. The normalized spacial score (nSPS) is 11.6. The topological polar surface area (TPSA) is 101 Å². The van der Waals surface area contributed by atoms with Gasteiger partial charge in [0.05, 0.1) is 24.9 Å². The number of carbonyl (C=O) groups is 1. The molecule has 7 nitrogen and oxygen atoms in total. The van der Waals surface area contributed by atoms with Crippen molar-refractivity contribution in [1.82, 2.24) is 14.5 Å². The SMILES string of the molecule is Cc1cnn(CCNS(=O)(=O)CCC(=O)O)c1. The van der Waals surface area contributed by atoms with Crippen molar-refractivity contribution in [2.75, 3.05) is 12.3 Å². The van der Waals surface area contributed by atoms with Crippen LogP contribution in [0, 0.1) is 6.92 Å². The van der Waals surface area contributed by atoms with E-state index in [1.807, 2.05) is 6.92 Å². The van der Waals surface area contributed by atoms with Gasteiger partial charge >= 0.3 is 5.97 Å². The Morgan fingerprint density at radius 1 is 1.59 bits per heavy atom. The molecule has 0 saturated heterocycles. The zero-order valence-corrected chi connectivity index (χ0v) is 10.3. The van der Waals surface area contributed by atoms with E-state index in [1.54, 1.807) is 17.1 Å². The number of aryl methyl sites for hydroxylation is 1. The number of sulfonamides is 1. The second-order valence-electron chi connectivity index (χ2n) is 3.64. The quantitative estimate of drug-likeness (QED) is 0.694. The van der Waals surface area contributed by atoms with Crippen LogP contribution in [0.4, 0.5) is 0 Å². The lowest BCUT2D eigenvalue weighted by Gasteiger charge is -2.05. The Balaban J connectivity index is 2.32. The summed E-state index contributed by atoms with van der Waals surface area (Å²) in [7, 11) is -3.51. The largest absolute Gasteiger partial charge is 0.481 e. The van der Waals surface area contributed by atoms with Crippen molar-refractivity contribution in [3.63, 3.8) is 0 Å². The molecule has 1 aromatic rings. The summed E-state index contributed by atoms with van der Waals surface area (Å²) in [5.74, 6) is -1.53. The van der Waals surface area contributed by atoms with Crippen LogP contribution in [0.25, 0.3) is 0 Å². The van der Waals surface area contributed by atoms with Gasteiger partial charge in [-0.25, -0.2) is 13.1 Å². The average molecular weight is 261 g/mol. The number of nitrogens with zero attached hydrogens (tertiary/aromatic N) is 2. The molecule has 96 valence electrons. The first-order valence-electron chi connectivity index (χ1n) is 5.07. The maximum Gasteiger partial charge on any atom is 0.304 e. The molecule has 1 rings (SSSR count). The van der Waals surface area contributed by atoms with Crippen LogP contribution in [0.15, 0.2) is 12.4 Å². The molecule has 0 aromatic carbocycles. The summed E-state index contributed by atoms with van der Waals surface area (Å²) in [6, 6.07) is 0. The van der Waals surface area contributed by atoms with Crippen LogP contribution in [-0.2, 0) is 21.4 Å². The number of carboxylic acids is 1. The van der Waals surface area contributed by atoms with Crippen molar-refractivity contribution in [2.24, 2.45) is 0 Å². The number of aromatic nitrogens is 2. The summed E-state index contributed by atoms with van der Waals surface area (Å²) in [4.78, 5) is 10.2. The summed E-state index contributed by atoms with van der Waals surface area (Å²) >= 11 is 0. The highest BCUT2D eigenvalue weighted by Gasteiger charge is 2.11. The molecular formula is C9H15N3O4S. The molecule has 0 amide bonds. The van der Waals surface area contributed by atoms with Gasteiger partial charge in [-0.2, -0.15) is 5.10 Å². The van der Waals surface area contributed by atoms with Gasteiger partial charge in [-0.1, -0.05) is 0 Å². The van der Waals surface area contributed by atoms with Crippen LogP contribution in [0.5, 0.6) is 0 Å². The van der Waals surface area contributed by atoms with Gasteiger partial charge in [0.25, 0.3) is 0 Å². The van der Waals surface area contributed by atoms with E-state index in [0.717, 1.165) is 5.56 Å². The van der Waals surface area contributed by atoms with E-state index in [2.05, 4.69) is 9.82 Å². The van der Waals surface area contributed by atoms with Crippen LogP contribution in [0.1, 0.15) is 12.0 Å². The van der Waals surface area contributed by atoms with Crippen molar-refractivity contribution < 1.29 is 18.3 Å². The molecular weight excluding hydrogens is 246 g/mol. The van der Waals surface area contributed by atoms with Gasteiger partial charge in [0.2, 0.25) is 10.0 Å². The second kappa shape index (κ2) is 5.78. The Labute approximate surface area is 99.5 Å². The van der Waals surface area contributed by atoms with Gasteiger partial charge < -0.3 is 5.11 Å². The summed E-state index contributed by atoms with van der Waals surface area (Å²) in [5, 5.41) is 12.4. The van der Waals surface area contributed by atoms with E-state index >= 15 is 0 Å². The summed E-state index contributed by atoms with van der Waals surface area (Å²) in [6.07, 6.45) is 3.08. The predicted molar refractivity (Wildman–Crippen MR) is 61.0 cm³/mol. The number of hydrogen-bond acceptors (Lipinski definition) is 4. The van der Waals surface area contributed by atoms with Crippen molar-refractivity contribution >= 4 is 16.0 Å². The minimum absolute atomic E-state index is 0.197. The number of aliphatic carboxylic acids is 1. The fourth-order valence-electron chi connectivity index (χ4n) is 1.20. The molecule has 0 saturated carbocycles. The molecule has 2 N–H and O–H groups in total. The zero-order chi connectivity index (χ0) is 12.9. The Hall–Kier alpha value is -1.41. The van der Waals surface area contributed by atoms with Crippen molar-refractivity contribution in [2.45, 2.75) is 19.9 Å². The lowest BCUT2D eigenvalue weighted by atomic mass is 10.4. The first-order valence-corrected chi connectivity index (χ1v) is 6.72. The molecule has 17 heavy (non-hydrogen) atoms. The second-order valence-corrected chi connectivity index (χ2v) is 5.56. The maximum absolute atomic E-state index is 11.3. The van der Waals surface area contributed by atoms with Gasteiger partial charge in [-0.15, -0.1) is 0 Å². The first kappa shape index (κ1) is 13.7. The first-order chi connectivity index (χ1) is 7.89. The lowest BCUT2D eigenvalue weighted by molar-refractivity contribution is -0.136. The van der Waals surface area contributed by atoms with E-state index < -0.39 is 28.2 Å². The molecule has 0 aliphatic heterocycles. The molecule has 0 aliphatic rings. The van der Waals surface area contributed by atoms with Gasteiger partial charge in [0, 0.05) is 12.7 Å². The molecule has 0 unspecified atom stereocenters. The standard InChI is InChI=1S/C9H15N3O4S/c1-8-6-10-12(7-8)4-3-11-17(15,16)5-2-9(13)14/h6-7,11H,2-5H2,1H3,(H,13,14). The van der Waals surface area contributed by atoms with E-state index in [9.17, 15) is 13.2 Å². The number of nitrogens with one attached hydrogen (secondary N) is 1. The van der Waals surface area contributed by atoms with Gasteiger partial charge in [0.15, 0.2) is 0 Å². The monoisotopic (exact) mass is 261 g/mol. The molecule has 8 heteroatoms. The molecule has 0 radical (unpaired) electrons. The molecule has 0 bridgehead atoms. The van der Waals surface area contributed by atoms with E-state index in [1.165, 1.54) is 0 Å². The minimum Gasteiger partial charge on any atom is -0.481 e. The summed E-state index contributed by atoms with van der Waals surface area (Å²) < 4.78 is 26.6. The zero-order valence-electron chi connectivity index (χ0n) is 9.46. The molecule has 0 spiro atoms. The van der Waals surface area contributed by atoms with Gasteiger partial charge in [-0.05, 0) is 12.5 Å². The van der Waals surface area contributed by atoms with Crippen LogP contribution in [-0.4, -0.2) is 41.6 Å². The van der Waals surface area contributed by atoms with E-state index in [0.29, 0.717) is 6.54 Å². The fourth-order valence-corrected chi connectivity index (χ4v) is 2.19. The molecule has 0 aliphatic carbocycles. The Morgan fingerprint density at radius 3 is 2.82 bits per heavy atom. The van der Waals surface area contributed by atoms with E-state index in [-0.39, 0.29) is 6.54 Å². The molecule has 1 aromatic heterocycles. The van der Waals surface area contributed by atoms with Gasteiger partial charge in [-0.3, -0.25) is 9.48 Å². The summed E-state index contributed by atoms with van der Waals surface area (Å²) in [5.41, 5.74) is 0.999. The number of carboxylic acid groups (broad SMARTS) is 1. The highest BCUT2D eigenvalue weighted by Crippen LogP contribution is 1.94. The van der Waals surface area contributed by atoms with Crippen LogP contribution < -0.4 is 4.72 Å². The van der Waals surface area contributed by atoms with Crippen molar-refractivity contribution in [3.8, 4) is 0 Å². The smallest absolute Gasteiger partial charge is 0.304 e. The lowest BCUT2D eigenvalue weighted by Crippen LogP contribution is -2.30. The summed E-state index contributed by atoms with van der Waals surface area (Å²) in [6.45, 7) is 2.50. The Bertz CT molecular complexity index is 480. The van der Waals surface area contributed by atoms with Crippen LogP contribution >= 0.6 is 0 Å². The van der Waals surface area contributed by atoms with Crippen LogP contribution in [0.3, 0.4) is 0 Å². The Morgan fingerprint density at radius 2 is 2.29 bits per heavy atom. The molecule has 1 heterocycles. The van der Waals surface area contributed by atoms with E-state index in [4.69, 9.17) is 5.11 Å². The van der Waals surface area contributed by atoms with Crippen molar-refractivity contribution in [1.29, 1.82) is 0 Å². The third kappa shape index (κ3) is 5.45. The third-order valence-electron chi connectivity index (χ3n) is 2.01. The highest BCUT2D eigenvalue weighted by atomic mass is 32.2.